The summed E-state index contributed by atoms with van der Waals surface area (Å²) in [6.07, 6.45) is 7.21. The largest absolute Gasteiger partial charge is 0.333 e. The van der Waals surface area contributed by atoms with Gasteiger partial charge >= 0.3 is 0 Å². The van der Waals surface area contributed by atoms with E-state index in [1.807, 2.05) is 42.9 Å². The van der Waals surface area contributed by atoms with Crippen molar-refractivity contribution >= 4 is 6.21 Å². The molecule has 16 heavy (non-hydrogen) atoms. The predicted molar refractivity (Wildman–Crippen MR) is 63.5 cm³/mol. The molecule has 1 unspecified atom stereocenters. The lowest BCUT2D eigenvalue weighted by molar-refractivity contribution is 0.783. The quantitative estimate of drug-likeness (QED) is 0.733. The van der Waals surface area contributed by atoms with Gasteiger partial charge in [0.2, 0.25) is 0 Å². The number of aromatic nitrogens is 3. The Morgan fingerprint density at radius 1 is 1.31 bits per heavy atom. The maximum atomic E-state index is 4.43. The minimum absolute atomic E-state index is 0.0536. The highest BCUT2D eigenvalue weighted by Gasteiger charge is 2.02. The van der Waals surface area contributed by atoms with E-state index in [2.05, 4.69) is 15.0 Å². The van der Waals surface area contributed by atoms with Gasteiger partial charge in [-0.05, 0) is 19.1 Å². The summed E-state index contributed by atoms with van der Waals surface area (Å²) in [5.41, 5.74) is 0.966. The van der Waals surface area contributed by atoms with Gasteiger partial charge in [-0.2, -0.15) is 0 Å². The van der Waals surface area contributed by atoms with Gasteiger partial charge in [0.05, 0.1) is 18.0 Å². The molecule has 82 valence electrons. The number of hydrogen-bond donors (Lipinski definition) is 0. The van der Waals surface area contributed by atoms with Crippen molar-refractivity contribution in [2.45, 2.75) is 13.0 Å². The number of nitrogens with zero attached hydrogens (tertiary/aromatic N) is 4. The number of aliphatic imine (C=N–C) groups is 1. The molecule has 2 aromatic heterocycles. The monoisotopic (exact) mass is 214 g/mol. The Morgan fingerprint density at radius 3 is 2.81 bits per heavy atom. The van der Waals surface area contributed by atoms with Crippen LogP contribution in [0.1, 0.15) is 24.5 Å². The molecule has 0 saturated heterocycles. The topological polar surface area (TPSA) is 43.1 Å². The molecule has 0 radical (unpaired) electrons. The lowest BCUT2D eigenvalue weighted by atomic mass is 10.2. The van der Waals surface area contributed by atoms with Crippen molar-refractivity contribution in [3.8, 4) is 0 Å². The number of aryl methyl sites for hydroxylation is 1. The van der Waals surface area contributed by atoms with E-state index < -0.39 is 0 Å². The highest BCUT2D eigenvalue weighted by Crippen LogP contribution is 2.12. The van der Waals surface area contributed by atoms with Crippen LogP contribution < -0.4 is 0 Å². The van der Waals surface area contributed by atoms with Gasteiger partial charge in [-0.3, -0.25) is 9.98 Å². The van der Waals surface area contributed by atoms with Crippen molar-refractivity contribution < 1.29 is 0 Å². The Balaban J connectivity index is 2.11. The maximum Gasteiger partial charge on any atom is 0.150 e. The fourth-order valence-corrected chi connectivity index (χ4v) is 1.38. The van der Waals surface area contributed by atoms with Crippen molar-refractivity contribution in [2.24, 2.45) is 12.0 Å². The minimum atomic E-state index is 0.0536. The third-order valence-corrected chi connectivity index (χ3v) is 2.39. The predicted octanol–water partition coefficient (Wildman–Crippen LogP) is 2.00. The summed E-state index contributed by atoms with van der Waals surface area (Å²) < 4.78 is 1.93. The van der Waals surface area contributed by atoms with Crippen LogP contribution in [0.5, 0.6) is 0 Å². The Morgan fingerprint density at radius 2 is 2.19 bits per heavy atom. The van der Waals surface area contributed by atoms with E-state index in [9.17, 15) is 0 Å². The Hall–Kier alpha value is -1.97. The first kappa shape index (κ1) is 10.5. The lowest BCUT2D eigenvalue weighted by Crippen LogP contribution is -1.98. The van der Waals surface area contributed by atoms with Crippen LogP contribution in [0.3, 0.4) is 0 Å². The van der Waals surface area contributed by atoms with Gasteiger partial charge in [0, 0.05) is 25.6 Å². The molecular weight excluding hydrogens is 200 g/mol. The van der Waals surface area contributed by atoms with Crippen LogP contribution >= 0.6 is 0 Å². The average molecular weight is 214 g/mol. The van der Waals surface area contributed by atoms with E-state index >= 15 is 0 Å². The van der Waals surface area contributed by atoms with Crippen LogP contribution in [0, 0.1) is 0 Å². The van der Waals surface area contributed by atoms with Crippen LogP contribution in [-0.4, -0.2) is 20.7 Å². The fraction of sp³-hybridized carbons (Fsp3) is 0.250. The normalized spacial score (nSPS) is 13.1. The van der Waals surface area contributed by atoms with E-state index in [-0.39, 0.29) is 6.04 Å². The van der Waals surface area contributed by atoms with E-state index in [1.165, 1.54) is 0 Å². The van der Waals surface area contributed by atoms with Crippen LogP contribution in [0.25, 0.3) is 0 Å². The molecule has 0 saturated carbocycles. The molecule has 0 bridgehead atoms. The smallest absolute Gasteiger partial charge is 0.150 e. The highest BCUT2D eigenvalue weighted by atomic mass is 15.0. The number of rotatable bonds is 3. The van der Waals surface area contributed by atoms with Crippen LogP contribution in [-0.2, 0) is 7.05 Å². The van der Waals surface area contributed by atoms with Gasteiger partial charge in [0.1, 0.15) is 5.82 Å². The Bertz CT molecular complexity index is 473. The molecular formula is C12H14N4. The first-order valence-corrected chi connectivity index (χ1v) is 5.19. The SMILES string of the molecule is CC(N=Cc1nccn1C)c1ccccn1. The number of hydrogen-bond acceptors (Lipinski definition) is 3. The lowest BCUT2D eigenvalue weighted by Gasteiger charge is -2.04. The second-order valence-corrected chi connectivity index (χ2v) is 3.61. The molecule has 0 amide bonds. The zero-order chi connectivity index (χ0) is 11.4. The molecule has 0 aliphatic rings. The molecule has 0 fully saturated rings. The van der Waals surface area contributed by atoms with E-state index in [0.29, 0.717) is 0 Å². The third-order valence-electron chi connectivity index (χ3n) is 2.39. The summed E-state index contributed by atoms with van der Waals surface area (Å²) in [4.78, 5) is 12.9. The molecule has 1 atom stereocenters. The summed E-state index contributed by atoms with van der Waals surface area (Å²) in [5, 5.41) is 0. The second kappa shape index (κ2) is 4.70. The van der Waals surface area contributed by atoms with Gasteiger partial charge in [-0.15, -0.1) is 0 Å². The Labute approximate surface area is 94.7 Å². The van der Waals surface area contributed by atoms with Gasteiger partial charge < -0.3 is 4.57 Å². The average Bonchev–Trinajstić information content (AvgIpc) is 2.73. The first-order valence-electron chi connectivity index (χ1n) is 5.19. The van der Waals surface area contributed by atoms with Crippen molar-refractivity contribution in [1.82, 2.24) is 14.5 Å². The summed E-state index contributed by atoms with van der Waals surface area (Å²) in [6.45, 7) is 2.02. The van der Waals surface area contributed by atoms with E-state index in [1.54, 1.807) is 18.6 Å². The summed E-state index contributed by atoms with van der Waals surface area (Å²) in [6, 6.07) is 5.90. The Kier molecular flexibility index (Phi) is 3.10. The van der Waals surface area contributed by atoms with Gasteiger partial charge in [-0.1, -0.05) is 6.07 Å². The molecule has 0 aliphatic carbocycles. The van der Waals surface area contributed by atoms with Crippen LogP contribution in [0.4, 0.5) is 0 Å². The molecule has 0 spiro atoms. The summed E-state index contributed by atoms with van der Waals surface area (Å²) in [5.74, 6) is 0.850. The maximum absolute atomic E-state index is 4.43. The van der Waals surface area contributed by atoms with E-state index in [4.69, 9.17) is 0 Å². The molecule has 0 aliphatic heterocycles. The summed E-state index contributed by atoms with van der Waals surface area (Å²) >= 11 is 0. The number of imidazole rings is 1. The van der Waals surface area contributed by atoms with Crippen molar-refractivity contribution in [3.05, 3.63) is 48.3 Å². The molecule has 4 heteroatoms. The minimum Gasteiger partial charge on any atom is -0.333 e. The van der Waals surface area contributed by atoms with Crippen molar-refractivity contribution in [3.63, 3.8) is 0 Å². The van der Waals surface area contributed by atoms with Crippen molar-refractivity contribution in [1.29, 1.82) is 0 Å². The van der Waals surface area contributed by atoms with Gasteiger partial charge in [-0.25, -0.2) is 4.98 Å². The molecule has 0 aromatic carbocycles. The van der Waals surface area contributed by atoms with E-state index in [0.717, 1.165) is 11.5 Å². The highest BCUT2D eigenvalue weighted by molar-refractivity contribution is 5.74. The molecule has 4 nitrogen and oxygen atoms in total. The third kappa shape index (κ3) is 2.34. The van der Waals surface area contributed by atoms with Crippen molar-refractivity contribution in [2.75, 3.05) is 0 Å². The summed E-state index contributed by atoms with van der Waals surface area (Å²) in [7, 11) is 1.94. The zero-order valence-corrected chi connectivity index (χ0v) is 9.41. The van der Waals surface area contributed by atoms with Gasteiger partial charge in [0.15, 0.2) is 0 Å². The molecule has 2 aromatic rings. The zero-order valence-electron chi connectivity index (χ0n) is 9.41. The number of pyridine rings is 1. The molecule has 2 heterocycles. The van der Waals surface area contributed by atoms with Crippen LogP contribution in [0.2, 0.25) is 0 Å². The van der Waals surface area contributed by atoms with Crippen LogP contribution in [0.15, 0.2) is 41.8 Å². The molecule has 2 rings (SSSR count). The van der Waals surface area contributed by atoms with Gasteiger partial charge in [0.25, 0.3) is 0 Å². The fourth-order valence-electron chi connectivity index (χ4n) is 1.38. The first-order chi connectivity index (χ1) is 7.77. The second-order valence-electron chi connectivity index (χ2n) is 3.61. The standard InChI is InChI=1S/C12H14N4/c1-10(11-5-3-4-6-13-11)15-9-12-14-7-8-16(12)2/h3-10H,1-2H3. The molecule has 0 N–H and O–H groups in total.